The van der Waals surface area contributed by atoms with E-state index in [2.05, 4.69) is 25.0 Å². The lowest BCUT2D eigenvalue weighted by Gasteiger charge is -2.14. The van der Waals surface area contributed by atoms with Gasteiger partial charge in [-0.05, 0) is 54.8 Å². The fraction of sp³-hybridized carbons (Fsp3) is 0.125. The Morgan fingerprint density at radius 2 is 1.81 bits per heavy atom. The number of anilines is 2. The minimum atomic E-state index is -0.361. The molecule has 162 valence electrons. The van der Waals surface area contributed by atoms with Crippen LogP contribution in [-0.2, 0) is 5.75 Å². The number of aromatic nitrogens is 3. The molecule has 0 unspecified atom stereocenters. The second-order valence-corrected chi connectivity index (χ2v) is 7.68. The second kappa shape index (κ2) is 10.1. The Morgan fingerprint density at radius 1 is 0.969 bits per heavy atom. The van der Waals surface area contributed by atoms with Gasteiger partial charge in [0.25, 0.3) is 0 Å². The summed E-state index contributed by atoms with van der Waals surface area (Å²) in [4.78, 5) is 12.9. The van der Waals surface area contributed by atoms with Crippen LogP contribution in [0.1, 0.15) is 11.1 Å². The molecule has 0 aliphatic heterocycles. The number of pyridine rings is 1. The summed E-state index contributed by atoms with van der Waals surface area (Å²) in [5.41, 5.74) is 3.31. The molecule has 0 radical (unpaired) electrons. The van der Waals surface area contributed by atoms with Gasteiger partial charge in [-0.15, -0.1) is 0 Å². The summed E-state index contributed by atoms with van der Waals surface area (Å²) in [6, 6.07) is 18.8. The molecule has 4 aromatic rings. The first kappa shape index (κ1) is 21.6. The molecule has 0 saturated heterocycles. The molecular weight excluding hydrogens is 425 g/mol. The maximum absolute atomic E-state index is 15.0. The minimum Gasteiger partial charge on any atom is -0.438 e. The van der Waals surface area contributed by atoms with Crippen molar-refractivity contribution >= 4 is 23.6 Å². The van der Waals surface area contributed by atoms with Gasteiger partial charge in [0.1, 0.15) is 5.75 Å². The highest BCUT2D eigenvalue weighted by Crippen LogP contribution is 2.35. The molecule has 2 N–H and O–H groups in total. The van der Waals surface area contributed by atoms with Crippen LogP contribution in [0.2, 0.25) is 0 Å². The van der Waals surface area contributed by atoms with Crippen molar-refractivity contribution in [1.82, 2.24) is 15.0 Å². The van der Waals surface area contributed by atoms with Crippen LogP contribution in [0.4, 0.5) is 16.0 Å². The van der Waals surface area contributed by atoms with Crippen LogP contribution in [0.25, 0.3) is 11.3 Å². The summed E-state index contributed by atoms with van der Waals surface area (Å²) in [6.07, 6.45) is 3.28. The van der Waals surface area contributed by atoms with Crippen LogP contribution in [-0.4, -0.2) is 22.0 Å². The van der Waals surface area contributed by atoms with E-state index >= 15 is 4.39 Å². The molecule has 2 aromatic heterocycles. The van der Waals surface area contributed by atoms with Crippen LogP contribution in [0.5, 0.6) is 11.6 Å². The molecule has 0 fully saturated rings. The summed E-state index contributed by atoms with van der Waals surface area (Å²) in [5.74, 6) is 1.59. The van der Waals surface area contributed by atoms with Crippen molar-refractivity contribution in [3.05, 3.63) is 90.0 Å². The summed E-state index contributed by atoms with van der Waals surface area (Å²) in [7, 11) is 1.75. The van der Waals surface area contributed by atoms with E-state index < -0.39 is 0 Å². The Bertz CT molecular complexity index is 1210. The minimum absolute atomic E-state index is 0.343. The highest BCUT2D eigenvalue weighted by atomic mass is 32.2. The Kier molecular flexibility index (Phi) is 6.81. The molecule has 8 heteroatoms. The summed E-state index contributed by atoms with van der Waals surface area (Å²) >= 11 is 1.43. The lowest BCUT2D eigenvalue weighted by Crippen LogP contribution is -2.00. The lowest BCUT2D eigenvalue weighted by molar-refractivity contribution is 0.455. The first-order chi connectivity index (χ1) is 15.7. The van der Waals surface area contributed by atoms with Crippen molar-refractivity contribution in [2.45, 2.75) is 12.7 Å². The van der Waals surface area contributed by atoms with Crippen molar-refractivity contribution in [1.29, 1.82) is 0 Å². The average Bonchev–Trinajstić information content (AvgIpc) is 2.84. The molecule has 0 spiro atoms. The van der Waals surface area contributed by atoms with Crippen molar-refractivity contribution in [3.8, 4) is 22.9 Å². The molecule has 0 saturated carbocycles. The zero-order chi connectivity index (χ0) is 22.3. The maximum Gasteiger partial charge on any atom is 0.228 e. The van der Waals surface area contributed by atoms with E-state index in [-0.39, 0.29) is 5.82 Å². The smallest absolute Gasteiger partial charge is 0.228 e. The summed E-state index contributed by atoms with van der Waals surface area (Å²) < 4.78 is 24.1. The van der Waals surface area contributed by atoms with Crippen molar-refractivity contribution in [3.63, 3.8) is 0 Å². The third kappa shape index (κ3) is 4.97. The van der Waals surface area contributed by atoms with Gasteiger partial charge in [0, 0.05) is 30.8 Å². The molecular formula is C24H22FN5OS. The van der Waals surface area contributed by atoms with E-state index in [1.165, 1.54) is 11.9 Å². The Morgan fingerprint density at radius 3 is 2.62 bits per heavy atom. The molecule has 0 atom stereocenters. The number of ether oxygens (including phenoxy) is 1. The predicted octanol–water partition coefficient (Wildman–Crippen LogP) is 6.08. The van der Waals surface area contributed by atoms with E-state index in [1.807, 2.05) is 36.4 Å². The Balaban J connectivity index is 1.52. The fourth-order valence-corrected chi connectivity index (χ4v) is 3.77. The van der Waals surface area contributed by atoms with E-state index in [0.717, 1.165) is 11.3 Å². The summed E-state index contributed by atoms with van der Waals surface area (Å²) in [6.45, 7) is 1.68. The number of nitrogens with zero attached hydrogens (tertiary/aromatic N) is 3. The van der Waals surface area contributed by atoms with E-state index in [1.54, 1.807) is 50.6 Å². The van der Waals surface area contributed by atoms with E-state index in [4.69, 9.17) is 4.74 Å². The van der Waals surface area contributed by atoms with Gasteiger partial charge in [-0.2, -0.15) is 0 Å². The predicted molar refractivity (Wildman–Crippen MR) is 127 cm³/mol. The van der Waals surface area contributed by atoms with Gasteiger partial charge >= 0.3 is 0 Å². The highest BCUT2D eigenvalue weighted by molar-refractivity contribution is 7.99. The summed E-state index contributed by atoms with van der Waals surface area (Å²) in [5, 5.41) is 2.91. The third-order valence-electron chi connectivity index (χ3n) is 4.73. The standard InChI is InChI=1S/C24H22FN5OS/c1-16-21(11-10-20(22(16)25)30-32-15-17-7-4-3-5-8-17)31-23-18(9-6-13-27-23)19-12-14-28-24(26-2)29-19/h3-14,30H,15H2,1-2H3,(H,26,28,29). The van der Waals surface area contributed by atoms with Gasteiger partial charge in [-0.3, -0.25) is 0 Å². The van der Waals surface area contributed by atoms with Crippen LogP contribution >= 0.6 is 11.9 Å². The Labute approximate surface area is 190 Å². The number of benzene rings is 2. The molecule has 0 bridgehead atoms. The second-order valence-electron chi connectivity index (χ2n) is 6.90. The molecule has 4 rings (SSSR count). The number of hydrogen-bond donors (Lipinski definition) is 2. The Hall–Kier alpha value is -3.65. The van der Waals surface area contributed by atoms with Crippen molar-refractivity contribution in [2.75, 3.05) is 17.1 Å². The van der Waals surface area contributed by atoms with E-state index in [0.29, 0.717) is 40.1 Å². The van der Waals surface area contributed by atoms with Crippen LogP contribution in [0.15, 0.2) is 73.1 Å². The van der Waals surface area contributed by atoms with Gasteiger partial charge in [-0.1, -0.05) is 30.3 Å². The molecule has 0 aliphatic rings. The normalized spacial score (nSPS) is 10.6. The van der Waals surface area contributed by atoms with Gasteiger partial charge in [-0.25, -0.2) is 19.3 Å². The van der Waals surface area contributed by atoms with Gasteiger partial charge < -0.3 is 14.8 Å². The van der Waals surface area contributed by atoms with Crippen LogP contribution in [0.3, 0.4) is 0 Å². The number of halogens is 1. The molecule has 6 nitrogen and oxygen atoms in total. The zero-order valence-electron chi connectivity index (χ0n) is 17.7. The molecule has 0 aliphatic carbocycles. The maximum atomic E-state index is 15.0. The average molecular weight is 448 g/mol. The first-order valence-corrected chi connectivity index (χ1v) is 11.0. The van der Waals surface area contributed by atoms with E-state index in [9.17, 15) is 0 Å². The number of nitrogens with one attached hydrogen (secondary N) is 2. The number of rotatable bonds is 8. The molecule has 2 heterocycles. The zero-order valence-corrected chi connectivity index (χ0v) is 18.5. The lowest BCUT2D eigenvalue weighted by atomic mass is 10.1. The number of hydrogen-bond acceptors (Lipinski definition) is 7. The topological polar surface area (TPSA) is 72.0 Å². The van der Waals surface area contributed by atoms with Crippen molar-refractivity contribution in [2.24, 2.45) is 0 Å². The third-order valence-corrected chi connectivity index (χ3v) is 5.58. The van der Waals surface area contributed by atoms with Crippen LogP contribution in [0, 0.1) is 12.7 Å². The van der Waals surface area contributed by atoms with Crippen molar-refractivity contribution < 1.29 is 9.13 Å². The molecule has 2 aromatic carbocycles. The quantitative estimate of drug-likeness (QED) is 0.317. The SMILES string of the molecule is CNc1nccc(-c2cccnc2Oc2ccc(NSCc3ccccc3)c(F)c2C)n1. The van der Waals surface area contributed by atoms with Gasteiger partial charge in [0.05, 0.1) is 16.9 Å². The van der Waals surface area contributed by atoms with Gasteiger partial charge in [0.15, 0.2) is 5.82 Å². The van der Waals surface area contributed by atoms with Gasteiger partial charge in [0.2, 0.25) is 11.8 Å². The van der Waals surface area contributed by atoms with Crippen LogP contribution < -0.4 is 14.8 Å². The monoisotopic (exact) mass is 447 g/mol. The molecule has 32 heavy (non-hydrogen) atoms. The largest absolute Gasteiger partial charge is 0.438 e. The molecule has 0 amide bonds. The fourth-order valence-electron chi connectivity index (χ4n) is 3.03. The highest BCUT2D eigenvalue weighted by Gasteiger charge is 2.15. The first-order valence-electron chi connectivity index (χ1n) is 10.0.